The first-order valence-corrected chi connectivity index (χ1v) is 14.7. The third-order valence-corrected chi connectivity index (χ3v) is 8.39. The van der Waals surface area contributed by atoms with E-state index in [-0.39, 0.29) is 30.4 Å². The number of anilines is 1. The number of hydrogen-bond acceptors (Lipinski definition) is 5. The third-order valence-electron chi connectivity index (χ3n) is 8.39. The Morgan fingerprint density at radius 2 is 1.48 bits per heavy atom. The highest BCUT2D eigenvalue weighted by molar-refractivity contribution is 6.04. The molecule has 1 aliphatic heterocycles. The number of halogens is 5. The summed E-state index contributed by atoms with van der Waals surface area (Å²) in [6.45, 7) is 4.53. The summed E-state index contributed by atoms with van der Waals surface area (Å²) in [5, 5.41) is 11.7. The molecule has 0 aliphatic carbocycles. The van der Waals surface area contributed by atoms with Crippen molar-refractivity contribution in [2.24, 2.45) is 5.92 Å². The minimum atomic E-state index is -2.35. The predicted molar refractivity (Wildman–Crippen MR) is 161 cm³/mol. The summed E-state index contributed by atoms with van der Waals surface area (Å²) in [5.74, 6) is -12.9. The lowest BCUT2D eigenvalue weighted by Gasteiger charge is -2.43. The number of rotatable bonds is 9. The molecular formula is C35H33F5N2O4. The van der Waals surface area contributed by atoms with Gasteiger partial charge in [0.25, 0.3) is 5.91 Å². The third kappa shape index (κ3) is 6.82. The fourth-order valence-corrected chi connectivity index (χ4v) is 5.52. The molecule has 46 heavy (non-hydrogen) atoms. The predicted octanol–water partition coefficient (Wildman–Crippen LogP) is 7.61. The Kier molecular flexibility index (Phi) is 10.2. The molecule has 2 N–H and O–H groups in total. The molecule has 4 aromatic rings. The van der Waals surface area contributed by atoms with Gasteiger partial charge in [0.2, 0.25) is 5.82 Å². The molecule has 1 aliphatic rings. The molecule has 0 bridgehead atoms. The van der Waals surface area contributed by atoms with E-state index in [1.165, 1.54) is 18.2 Å². The fourth-order valence-electron chi connectivity index (χ4n) is 5.52. The van der Waals surface area contributed by atoms with Gasteiger partial charge in [-0.25, -0.2) is 22.0 Å². The molecule has 0 aromatic heterocycles. The molecule has 5 rings (SSSR count). The van der Waals surface area contributed by atoms with Crippen LogP contribution in [0.2, 0.25) is 0 Å². The van der Waals surface area contributed by atoms with Crippen LogP contribution < -0.4 is 5.32 Å². The Morgan fingerprint density at radius 3 is 2.11 bits per heavy atom. The van der Waals surface area contributed by atoms with Crippen LogP contribution in [-0.2, 0) is 16.1 Å². The van der Waals surface area contributed by atoms with Gasteiger partial charge in [-0.05, 0) is 42.8 Å². The Balaban J connectivity index is 1.42. The van der Waals surface area contributed by atoms with Gasteiger partial charge >= 0.3 is 0 Å². The highest BCUT2D eigenvalue weighted by Gasteiger charge is 2.39. The average molecular weight is 641 g/mol. The van der Waals surface area contributed by atoms with Gasteiger partial charge in [-0.1, -0.05) is 73.7 Å². The Hall–Kier alpha value is -4.16. The molecule has 0 saturated carbocycles. The normalized spacial score (nSPS) is 20.5. The minimum Gasteiger partial charge on any atom is -0.392 e. The van der Waals surface area contributed by atoms with Crippen molar-refractivity contribution >= 4 is 11.6 Å². The summed E-state index contributed by atoms with van der Waals surface area (Å²) in [7, 11) is 2.00. The SMILES string of the molecule is C[C@@H]1[C@H](CN(C)[C@@H](C)c2ccccc2)O[C@H](c2cccc(NC(=O)c3c(F)c(F)c(F)c(F)c3F)c2)O[C@@H]1c1ccc(CO)cc1. The van der Waals surface area contributed by atoms with Crippen molar-refractivity contribution in [2.75, 3.05) is 18.9 Å². The summed E-state index contributed by atoms with van der Waals surface area (Å²) in [5.41, 5.74) is 1.61. The molecule has 0 unspecified atom stereocenters. The first-order chi connectivity index (χ1) is 22.0. The second-order valence-corrected chi connectivity index (χ2v) is 11.4. The molecule has 1 fully saturated rings. The molecular weight excluding hydrogens is 607 g/mol. The average Bonchev–Trinajstić information content (AvgIpc) is 3.07. The second kappa shape index (κ2) is 14.1. The lowest BCUT2D eigenvalue weighted by Crippen LogP contribution is -2.44. The van der Waals surface area contributed by atoms with E-state index in [4.69, 9.17) is 9.47 Å². The van der Waals surface area contributed by atoms with Crippen molar-refractivity contribution in [1.29, 1.82) is 0 Å². The van der Waals surface area contributed by atoms with Gasteiger partial charge < -0.3 is 19.9 Å². The zero-order chi connectivity index (χ0) is 33.1. The smallest absolute Gasteiger partial charge is 0.261 e. The van der Waals surface area contributed by atoms with Crippen LogP contribution >= 0.6 is 0 Å². The van der Waals surface area contributed by atoms with Crippen LogP contribution in [0.5, 0.6) is 0 Å². The number of benzene rings is 4. The molecule has 1 heterocycles. The number of carbonyl (C=O) groups is 1. The van der Waals surface area contributed by atoms with Crippen LogP contribution in [0.4, 0.5) is 27.6 Å². The second-order valence-electron chi connectivity index (χ2n) is 11.4. The fraction of sp³-hybridized carbons (Fsp3) is 0.286. The summed E-state index contributed by atoms with van der Waals surface area (Å²) >= 11 is 0. The lowest BCUT2D eigenvalue weighted by atomic mass is 9.89. The van der Waals surface area contributed by atoms with Crippen LogP contribution in [0.15, 0.2) is 78.9 Å². The topological polar surface area (TPSA) is 71.0 Å². The van der Waals surface area contributed by atoms with Crippen molar-refractivity contribution in [3.8, 4) is 0 Å². The number of amides is 1. The number of aliphatic hydroxyl groups excluding tert-OH is 1. The Morgan fingerprint density at radius 1 is 0.848 bits per heavy atom. The summed E-state index contributed by atoms with van der Waals surface area (Å²) in [6.07, 6.45) is -1.73. The van der Waals surface area contributed by atoms with E-state index in [1.54, 1.807) is 6.07 Å². The van der Waals surface area contributed by atoms with Crippen LogP contribution in [0.25, 0.3) is 0 Å². The lowest BCUT2D eigenvalue weighted by molar-refractivity contribution is -0.276. The number of nitrogens with zero attached hydrogens (tertiary/aromatic N) is 1. The van der Waals surface area contributed by atoms with Gasteiger partial charge in [0.05, 0.1) is 18.8 Å². The van der Waals surface area contributed by atoms with E-state index in [0.717, 1.165) is 16.7 Å². The molecule has 242 valence electrons. The maximum atomic E-state index is 14.3. The van der Waals surface area contributed by atoms with Gasteiger partial charge in [0, 0.05) is 29.8 Å². The van der Waals surface area contributed by atoms with E-state index in [2.05, 4.69) is 29.3 Å². The monoisotopic (exact) mass is 640 g/mol. The standard InChI is InChI=1S/C35H33F5N2O4/c1-19-26(17-42(3)20(2)22-8-5-4-6-9-22)45-35(46-33(19)23-14-12-21(18-43)13-15-23)24-10-7-11-25(16-24)41-34(44)27-28(36)30(38)32(40)31(39)29(27)37/h4-16,19-20,26,33,35,43H,17-18H2,1-3H3,(H,41,44)/t19-,20+,26+,33+,35+/m1/s1. The number of ether oxygens (including phenoxy) is 2. The number of nitrogens with one attached hydrogen (secondary N) is 1. The van der Waals surface area contributed by atoms with Crippen LogP contribution in [0.3, 0.4) is 0 Å². The summed E-state index contributed by atoms with van der Waals surface area (Å²) < 4.78 is 82.5. The maximum absolute atomic E-state index is 14.3. The van der Waals surface area contributed by atoms with E-state index >= 15 is 0 Å². The highest BCUT2D eigenvalue weighted by Crippen LogP contribution is 2.42. The highest BCUT2D eigenvalue weighted by atomic mass is 19.2. The molecule has 5 atom stereocenters. The minimum absolute atomic E-state index is 0.0208. The van der Waals surface area contributed by atoms with E-state index in [9.17, 15) is 31.9 Å². The molecule has 0 spiro atoms. The molecule has 1 saturated heterocycles. The Labute approximate surface area is 263 Å². The number of likely N-dealkylation sites (N-methyl/N-ethyl adjacent to an activating group) is 1. The van der Waals surface area contributed by atoms with Crippen LogP contribution in [0.1, 0.15) is 64.9 Å². The number of aliphatic hydroxyl groups is 1. The molecule has 11 heteroatoms. The van der Waals surface area contributed by atoms with E-state index < -0.39 is 53.0 Å². The largest absolute Gasteiger partial charge is 0.392 e. The van der Waals surface area contributed by atoms with Gasteiger partial charge in [-0.2, -0.15) is 0 Å². The van der Waals surface area contributed by atoms with Gasteiger partial charge in [0.15, 0.2) is 29.6 Å². The zero-order valence-corrected chi connectivity index (χ0v) is 25.3. The molecule has 1 amide bonds. The van der Waals surface area contributed by atoms with Gasteiger partial charge in [-0.3, -0.25) is 9.69 Å². The summed E-state index contributed by atoms with van der Waals surface area (Å²) in [6, 6.07) is 23.5. The van der Waals surface area contributed by atoms with Crippen molar-refractivity contribution in [2.45, 2.75) is 45.0 Å². The van der Waals surface area contributed by atoms with Crippen molar-refractivity contribution in [3.63, 3.8) is 0 Å². The summed E-state index contributed by atoms with van der Waals surface area (Å²) in [4.78, 5) is 14.9. The van der Waals surface area contributed by atoms with Gasteiger partial charge in [0.1, 0.15) is 5.56 Å². The Bertz CT molecular complexity index is 1660. The van der Waals surface area contributed by atoms with E-state index in [1.807, 2.05) is 56.4 Å². The van der Waals surface area contributed by atoms with Crippen LogP contribution in [-0.4, -0.2) is 35.6 Å². The van der Waals surface area contributed by atoms with Crippen molar-refractivity contribution in [1.82, 2.24) is 4.90 Å². The molecule has 0 radical (unpaired) electrons. The van der Waals surface area contributed by atoms with Crippen molar-refractivity contribution in [3.05, 3.63) is 136 Å². The maximum Gasteiger partial charge on any atom is 0.261 e. The van der Waals surface area contributed by atoms with Crippen LogP contribution in [0, 0.1) is 35.0 Å². The molecule has 6 nitrogen and oxygen atoms in total. The van der Waals surface area contributed by atoms with Gasteiger partial charge in [-0.15, -0.1) is 0 Å². The number of carbonyl (C=O) groups excluding carboxylic acids is 1. The van der Waals surface area contributed by atoms with Crippen molar-refractivity contribution < 1.29 is 41.3 Å². The first-order valence-electron chi connectivity index (χ1n) is 14.7. The quantitative estimate of drug-likeness (QED) is 0.112. The molecule has 4 aromatic carbocycles. The zero-order valence-electron chi connectivity index (χ0n) is 25.3. The first kappa shape index (κ1) is 33.2. The van der Waals surface area contributed by atoms with E-state index in [0.29, 0.717) is 12.1 Å². The number of hydrogen-bond donors (Lipinski definition) is 2.